The summed E-state index contributed by atoms with van der Waals surface area (Å²) in [6.07, 6.45) is 3.49. The van der Waals surface area contributed by atoms with Crippen molar-refractivity contribution in [3.05, 3.63) is 60.7 Å². The fraction of sp³-hybridized carbons (Fsp3) is 0.519. The summed E-state index contributed by atoms with van der Waals surface area (Å²) in [5, 5.41) is 2.52. The van der Waals surface area contributed by atoms with Crippen molar-refractivity contribution in [2.45, 2.75) is 51.5 Å². The van der Waals surface area contributed by atoms with Crippen LogP contribution >= 0.6 is 0 Å². The number of Topliss-reactive ketones (excluding diaryl/α,β-unsaturated/α-hetero) is 1. The summed E-state index contributed by atoms with van der Waals surface area (Å²) in [5.41, 5.74) is 0. The average Bonchev–Trinajstić information content (AvgIpc) is 3.14. The summed E-state index contributed by atoms with van der Waals surface area (Å²) in [5.74, 6) is 0.599. The van der Waals surface area contributed by atoms with E-state index in [1.807, 2.05) is 0 Å². The first-order valence-electron chi connectivity index (χ1n) is 11.8. The lowest BCUT2D eigenvalue weighted by atomic mass is 9.98. The highest BCUT2D eigenvalue weighted by Crippen LogP contribution is 2.38. The van der Waals surface area contributed by atoms with Gasteiger partial charge in [0.2, 0.25) is 0 Å². The molecule has 0 saturated heterocycles. The Balaban J connectivity index is 1.73. The lowest BCUT2D eigenvalue weighted by Gasteiger charge is -2.43. The van der Waals surface area contributed by atoms with Crippen LogP contribution in [0.15, 0.2) is 60.7 Å². The molecule has 174 valence electrons. The molecule has 0 radical (unpaired) electrons. The molecule has 4 nitrogen and oxygen atoms in total. The van der Waals surface area contributed by atoms with Crippen LogP contribution in [-0.4, -0.2) is 41.2 Å². The molecule has 1 fully saturated rings. The van der Waals surface area contributed by atoms with Crippen LogP contribution in [0.5, 0.6) is 0 Å². The molecule has 0 amide bonds. The van der Waals surface area contributed by atoms with Crippen LogP contribution < -0.4 is 10.4 Å². The zero-order valence-electron chi connectivity index (χ0n) is 20.0. The van der Waals surface area contributed by atoms with E-state index in [4.69, 9.17) is 13.9 Å². The molecule has 0 aromatic heterocycles. The number of ketones is 1. The Morgan fingerprint density at radius 1 is 0.844 bits per heavy atom. The van der Waals surface area contributed by atoms with Crippen molar-refractivity contribution < 1.29 is 18.7 Å². The van der Waals surface area contributed by atoms with E-state index in [9.17, 15) is 4.79 Å². The number of hydrogen-bond acceptors (Lipinski definition) is 4. The highest BCUT2D eigenvalue weighted by molar-refractivity contribution is 6.99. The van der Waals surface area contributed by atoms with Gasteiger partial charge in [0.1, 0.15) is 12.6 Å². The summed E-state index contributed by atoms with van der Waals surface area (Å²) < 4.78 is 17.3. The van der Waals surface area contributed by atoms with Crippen LogP contribution in [0.4, 0.5) is 0 Å². The van der Waals surface area contributed by atoms with E-state index in [0.717, 1.165) is 25.7 Å². The normalized spacial score (nSPS) is 19.4. The third-order valence-corrected chi connectivity index (χ3v) is 11.7. The third-order valence-electron chi connectivity index (χ3n) is 6.68. The van der Waals surface area contributed by atoms with E-state index in [1.54, 1.807) is 7.11 Å². The van der Waals surface area contributed by atoms with Crippen LogP contribution in [0.2, 0.25) is 5.04 Å². The van der Waals surface area contributed by atoms with Gasteiger partial charge in [0, 0.05) is 25.6 Å². The molecule has 0 aliphatic heterocycles. The SMILES string of the molecule is COCOCCC1CCC(CCO[Si](c2ccccc2)(c2ccccc2)C(C)(C)C)C1=O. The molecule has 2 unspecified atom stereocenters. The maximum atomic E-state index is 12.9. The minimum Gasteiger partial charge on any atom is -0.407 e. The van der Waals surface area contributed by atoms with Crippen molar-refractivity contribution in [1.82, 2.24) is 0 Å². The Hall–Kier alpha value is -1.79. The molecule has 5 heteroatoms. The molecule has 32 heavy (non-hydrogen) atoms. The second kappa shape index (κ2) is 11.4. The van der Waals surface area contributed by atoms with Crippen LogP contribution in [-0.2, 0) is 18.7 Å². The van der Waals surface area contributed by atoms with E-state index in [1.165, 1.54) is 10.4 Å². The molecule has 0 N–H and O–H groups in total. The van der Waals surface area contributed by atoms with Crippen molar-refractivity contribution >= 4 is 24.5 Å². The second-order valence-corrected chi connectivity index (χ2v) is 14.1. The third kappa shape index (κ3) is 5.57. The quantitative estimate of drug-likeness (QED) is 0.284. The van der Waals surface area contributed by atoms with Crippen LogP contribution in [0.1, 0.15) is 46.5 Å². The van der Waals surface area contributed by atoms with Gasteiger partial charge >= 0.3 is 0 Å². The van der Waals surface area contributed by atoms with Gasteiger partial charge in [-0.1, -0.05) is 81.4 Å². The van der Waals surface area contributed by atoms with Gasteiger partial charge in [0.05, 0.1) is 6.61 Å². The van der Waals surface area contributed by atoms with Crippen molar-refractivity contribution in [1.29, 1.82) is 0 Å². The highest BCUT2D eigenvalue weighted by Gasteiger charge is 2.50. The molecular formula is C27H38O4Si. The van der Waals surface area contributed by atoms with Crippen LogP contribution in [0.3, 0.4) is 0 Å². The predicted molar refractivity (Wildman–Crippen MR) is 132 cm³/mol. The summed E-state index contributed by atoms with van der Waals surface area (Å²) in [4.78, 5) is 12.9. The predicted octanol–water partition coefficient (Wildman–Crippen LogP) is 4.56. The van der Waals surface area contributed by atoms with Crippen LogP contribution in [0.25, 0.3) is 0 Å². The minimum atomic E-state index is -2.54. The standard InChI is InChI=1S/C27H38O4Si/c1-27(2,3)32(24-11-7-5-8-12-24,25-13-9-6-10-14-25)31-20-18-23-16-15-22(26(23)28)17-19-30-21-29-4/h5-14,22-23H,15-21H2,1-4H3. The van der Waals surface area contributed by atoms with Crippen molar-refractivity contribution in [3.8, 4) is 0 Å². The second-order valence-electron chi connectivity index (χ2n) is 9.78. The van der Waals surface area contributed by atoms with E-state index in [2.05, 4.69) is 81.4 Å². The number of carbonyl (C=O) groups excluding carboxylic acids is 1. The number of ether oxygens (including phenoxy) is 2. The molecular weight excluding hydrogens is 416 g/mol. The molecule has 2 aromatic carbocycles. The number of carbonyl (C=O) groups is 1. The van der Waals surface area contributed by atoms with Gasteiger partial charge < -0.3 is 13.9 Å². The first-order valence-corrected chi connectivity index (χ1v) is 13.7. The number of hydrogen-bond donors (Lipinski definition) is 0. The topological polar surface area (TPSA) is 44.8 Å². The van der Waals surface area contributed by atoms with Crippen molar-refractivity contribution in [2.24, 2.45) is 11.8 Å². The van der Waals surface area contributed by atoms with Gasteiger partial charge in [-0.15, -0.1) is 0 Å². The van der Waals surface area contributed by atoms with Crippen LogP contribution in [0, 0.1) is 11.8 Å². The lowest BCUT2D eigenvalue weighted by Crippen LogP contribution is -2.66. The van der Waals surface area contributed by atoms with Gasteiger partial charge in [-0.25, -0.2) is 0 Å². The number of benzene rings is 2. The average molecular weight is 455 g/mol. The fourth-order valence-electron chi connectivity index (χ4n) is 5.08. The summed E-state index contributed by atoms with van der Waals surface area (Å²) in [6.45, 7) is 8.34. The number of methoxy groups -OCH3 is 1. The zero-order valence-corrected chi connectivity index (χ0v) is 21.0. The molecule has 1 aliphatic carbocycles. The molecule has 0 heterocycles. The van der Waals surface area contributed by atoms with Gasteiger partial charge in [-0.2, -0.15) is 0 Å². The summed E-state index contributed by atoms with van der Waals surface area (Å²) >= 11 is 0. The zero-order chi connectivity index (χ0) is 23.0. The summed E-state index contributed by atoms with van der Waals surface area (Å²) in [7, 11) is -0.922. The Morgan fingerprint density at radius 3 is 1.81 bits per heavy atom. The van der Waals surface area contributed by atoms with E-state index in [-0.39, 0.29) is 23.7 Å². The van der Waals surface area contributed by atoms with E-state index >= 15 is 0 Å². The lowest BCUT2D eigenvalue weighted by molar-refractivity contribution is -0.125. The summed E-state index contributed by atoms with van der Waals surface area (Å²) in [6, 6.07) is 21.4. The van der Waals surface area contributed by atoms with Gasteiger partial charge in [0.25, 0.3) is 8.32 Å². The minimum absolute atomic E-state index is 0.0450. The van der Waals surface area contributed by atoms with Gasteiger partial charge in [-0.3, -0.25) is 4.79 Å². The molecule has 2 atom stereocenters. The smallest absolute Gasteiger partial charge is 0.261 e. The molecule has 0 bridgehead atoms. The fourth-order valence-corrected chi connectivity index (χ4v) is 9.66. The maximum absolute atomic E-state index is 12.9. The van der Waals surface area contributed by atoms with Crippen molar-refractivity contribution in [3.63, 3.8) is 0 Å². The molecule has 2 aromatic rings. The van der Waals surface area contributed by atoms with Gasteiger partial charge in [0.15, 0.2) is 0 Å². The Labute approximate surface area is 194 Å². The Bertz CT molecular complexity index is 792. The Kier molecular flexibility index (Phi) is 8.83. The molecule has 1 saturated carbocycles. The van der Waals surface area contributed by atoms with E-state index in [0.29, 0.717) is 19.0 Å². The Morgan fingerprint density at radius 2 is 1.34 bits per heavy atom. The molecule has 0 spiro atoms. The highest BCUT2D eigenvalue weighted by atomic mass is 28.4. The molecule has 3 rings (SSSR count). The first kappa shape index (κ1) is 24.8. The first-order chi connectivity index (χ1) is 15.4. The van der Waals surface area contributed by atoms with E-state index < -0.39 is 8.32 Å². The number of rotatable bonds is 11. The largest absolute Gasteiger partial charge is 0.407 e. The van der Waals surface area contributed by atoms with Crippen molar-refractivity contribution in [2.75, 3.05) is 27.1 Å². The monoisotopic (exact) mass is 454 g/mol. The maximum Gasteiger partial charge on any atom is 0.261 e. The van der Waals surface area contributed by atoms with Gasteiger partial charge in [-0.05, 0) is 41.1 Å². The molecule has 1 aliphatic rings.